The van der Waals surface area contributed by atoms with Gasteiger partial charge in [-0.2, -0.15) is 5.26 Å². The monoisotopic (exact) mass is 449 g/mol. The molecule has 0 radical (unpaired) electrons. The first-order valence-corrected chi connectivity index (χ1v) is 10.9. The van der Waals surface area contributed by atoms with Crippen LogP contribution in [0.5, 0.6) is 0 Å². The van der Waals surface area contributed by atoms with Crippen LogP contribution in [0.2, 0.25) is 5.02 Å². The van der Waals surface area contributed by atoms with Crippen LogP contribution in [0.1, 0.15) is 29.6 Å². The van der Waals surface area contributed by atoms with Crippen molar-refractivity contribution in [3.8, 4) is 17.2 Å². The lowest BCUT2D eigenvalue weighted by atomic mass is 10.1. The average Bonchev–Trinajstić information content (AvgIpc) is 3.20. The minimum Gasteiger partial charge on any atom is -0.424 e. The highest BCUT2D eigenvalue weighted by Crippen LogP contribution is 2.34. The molecule has 0 saturated heterocycles. The number of carbonyl (C=O) groups is 1. The van der Waals surface area contributed by atoms with E-state index in [1.165, 1.54) is 0 Å². The topological polar surface area (TPSA) is 105 Å². The number of rotatable bonds is 6. The van der Waals surface area contributed by atoms with Crippen LogP contribution in [0.3, 0.4) is 0 Å². The Morgan fingerprint density at radius 3 is 2.65 bits per heavy atom. The number of nitrogens with one attached hydrogen (secondary N) is 1. The number of amides is 1. The van der Waals surface area contributed by atoms with Gasteiger partial charge >= 0.3 is 0 Å². The second kappa shape index (κ2) is 7.76. The van der Waals surface area contributed by atoms with Crippen molar-refractivity contribution in [2.75, 3.05) is 0 Å². The van der Waals surface area contributed by atoms with Gasteiger partial charge in [-0.1, -0.05) is 29.8 Å². The van der Waals surface area contributed by atoms with Crippen LogP contribution in [-0.4, -0.2) is 26.6 Å². The molecule has 4 aromatic rings. The van der Waals surface area contributed by atoms with E-state index < -0.39 is 5.54 Å². The van der Waals surface area contributed by atoms with E-state index >= 15 is 0 Å². The van der Waals surface area contributed by atoms with E-state index in [9.17, 15) is 4.79 Å². The second-order valence-corrected chi connectivity index (χ2v) is 9.03. The van der Waals surface area contributed by atoms with Gasteiger partial charge in [0.1, 0.15) is 17.0 Å². The van der Waals surface area contributed by atoms with Crippen LogP contribution >= 0.6 is 22.9 Å². The van der Waals surface area contributed by atoms with Crippen molar-refractivity contribution in [3.63, 3.8) is 0 Å². The first-order chi connectivity index (χ1) is 15.0. The van der Waals surface area contributed by atoms with E-state index in [1.807, 2.05) is 36.4 Å². The Morgan fingerprint density at radius 2 is 1.90 bits per heavy atom. The predicted octanol–water partition coefficient (Wildman–Crippen LogP) is 4.31. The van der Waals surface area contributed by atoms with E-state index in [2.05, 4.69) is 32.6 Å². The van der Waals surface area contributed by atoms with Crippen molar-refractivity contribution in [1.29, 1.82) is 5.26 Å². The fourth-order valence-corrected chi connectivity index (χ4v) is 4.39. The van der Waals surface area contributed by atoms with Crippen LogP contribution in [0, 0.1) is 11.3 Å². The van der Waals surface area contributed by atoms with Crippen LogP contribution in [0.25, 0.3) is 21.3 Å². The third-order valence-electron chi connectivity index (χ3n) is 5.08. The number of halogens is 1. The molecule has 7 nitrogen and oxygen atoms in total. The maximum atomic E-state index is 12.1. The van der Waals surface area contributed by atoms with Gasteiger partial charge in [0.25, 0.3) is 0 Å². The molecule has 2 aromatic carbocycles. The first kappa shape index (κ1) is 19.7. The van der Waals surface area contributed by atoms with Crippen molar-refractivity contribution in [3.05, 3.63) is 64.3 Å². The summed E-state index contributed by atoms with van der Waals surface area (Å²) in [6.45, 7) is 0. The fourth-order valence-electron chi connectivity index (χ4n) is 3.27. The van der Waals surface area contributed by atoms with Crippen molar-refractivity contribution < 1.29 is 9.21 Å². The number of nitrogens with zero attached hydrogens (tertiary/aromatic N) is 4. The van der Waals surface area contributed by atoms with Gasteiger partial charge in [0, 0.05) is 5.02 Å². The lowest BCUT2D eigenvalue weighted by molar-refractivity contribution is -0.121. The van der Waals surface area contributed by atoms with Crippen molar-refractivity contribution in [2.45, 2.75) is 31.2 Å². The molecule has 2 aromatic heterocycles. The van der Waals surface area contributed by atoms with Crippen LogP contribution in [0.4, 0.5) is 0 Å². The Labute approximate surface area is 186 Å². The van der Waals surface area contributed by atoms with Gasteiger partial charge in [-0.3, -0.25) is 4.79 Å². The summed E-state index contributed by atoms with van der Waals surface area (Å²) >= 11 is 7.54. The third-order valence-corrected chi connectivity index (χ3v) is 6.35. The van der Waals surface area contributed by atoms with E-state index in [0.29, 0.717) is 30.2 Å². The van der Waals surface area contributed by atoms with Crippen LogP contribution in [0.15, 0.2) is 46.9 Å². The molecule has 0 bridgehead atoms. The van der Waals surface area contributed by atoms with Crippen molar-refractivity contribution >= 4 is 39.1 Å². The summed E-state index contributed by atoms with van der Waals surface area (Å²) < 4.78 is 6.68. The van der Waals surface area contributed by atoms with Gasteiger partial charge in [-0.15, -0.1) is 21.5 Å². The maximum absolute atomic E-state index is 12.1. The molecule has 5 rings (SSSR count). The summed E-state index contributed by atoms with van der Waals surface area (Å²) in [4.78, 5) is 16.7. The maximum Gasteiger partial charge on any atom is 0.230 e. The largest absolute Gasteiger partial charge is 0.424 e. The Hall–Kier alpha value is -3.28. The third kappa shape index (κ3) is 4.29. The molecule has 0 atom stereocenters. The van der Waals surface area contributed by atoms with Crippen molar-refractivity contribution in [2.24, 2.45) is 0 Å². The van der Waals surface area contributed by atoms with Crippen LogP contribution in [-0.2, 0) is 17.6 Å². The molecular weight excluding hydrogens is 434 g/mol. The van der Waals surface area contributed by atoms with Gasteiger partial charge in [0.15, 0.2) is 0 Å². The molecule has 1 fully saturated rings. The molecule has 0 unspecified atom stereocenters. The number of nitriles is 1. The van der Waals surface area contributed by atoms with Gasteiger partial charge < -0.3 is 9.73 Å². The minimum atomic E-state index is -0.703. The Morgan fingerprint density at radius 1 is 1.16 bits per heavy atom. The normalized spacial score (nSPS) is 14.3. The second-order valence-electron chi connectivity index (χ2n) is 7.48. The molecule has 1 aliphatic rings. The molecular formula is C22H16ClN5O2S. The molecule has 0 aliphatic heterocycles. The summed E-state index contributed by atoms with van der Waals surface area (Å²) in [7, 11) is 0. The summed E-state index contributed by atoms with van der Waals surface area (Å²) in [6, 6.07) is 16.0. The number of thiazole rings is 1. The van der Waals surface area contributed by atoms with Gasteiger partial charge in [0.2, 0.25) is 17.7 Å². The first-order valence-electron chi connectivity index (χ1n) is 9.71. The quantitative estimate of drug-likeness (QED) is 0.470. The molecule has 1 aliphatic carbocycles. The average molecular weight is 450 g/mol. The highest BCUT2D eigenvalue weighted by Gasteiger charge is 2.44. The predicted molar refractivity (Wildman–Crippen MR) is 117 cm³/mol. The summed E-state index contributed by atoms with van der Waals surface area (Å²) in [5.74, 6) is 0.345. The van der Waals surface area contributed by atoms with E-state index in [0.717, 1.165) is 26.4 Å². The number of aromatic nitrogens is 3. The Bertz CT molecular complexity index is 1320. The summed E-state index contributed by atoms with van der Waals surface area (Å²) in [6.07, 6.45) is 1.72. The molecule has 9 heteroatoms. The van der Waals surface area contributed by atoms with E-state index in [1.54, 1.807) is 11.3 Å². The van der Waals surface area contributed by atoms with Crippen molar-refractivity contribution in [1.82, 2.24) is 20.5 Å². The standard InChI is InChI=1S/C22H16ClN5O2S/c23-15-4-1-13(2-5-15)14-3-6-16-17(9-14)31-21(25-16)11-20-28-27-19(30-20)10-18(29)26-22(12-24)7-8-22/h1-6,9H,7-8,10-11H2,(H,26,29). The molecule has 1 amide bonds. The van der Waals surface area contributed by atoms with E-state index in [4.69, 9.17) is 21.3 Å². The zero-order valence-electron chi connectivity index (χ0n) is 16.3. The van der Waals surface area contributed by atoms with E-state index in [-0.39, 0.29) is 18.2 Å². The zero-order valence-corrected chi connectivity index (χ0v) is 17.8. The molecule has 2 heterocycles. The molecule has 31 heavy (non-hydrogen) atoms. The zero-order chi connectivity index (χ0) is 21.4. The summed E-state index contributed by atoms with van der Waals surface area (Å²) in [5, 5.41) is 21.3. The Kier molecular flexibility index (Phi) is 4.93. The fraction of sp³-hybridized carbons (Fsp3) is 0.227. The highest BCUT2D eigenvalue weighted by molar-refractivity contribution is 7.18. The van der Waals surface area contributed by atoms with Gasteiger partial charge in [0.05, 0.1) is 22.7 Å². The summed E-state index contributed by atoms with van der Waals surface area (Å²) in [5.41, 5.74) is 2.39. The number of benzene rings is 2. The molecule has 0 spiro atoms. The molecule has 154 valence electrons. The SMILES string of the molecule is N#CC1(NC(=O)Cc2nnc(Cc3nc4ccc(-c5ccc(Cl)cc5)cc4s3)o2)CC1. The number of hydrogen-bond acceptors (Lipinski definition) is 7. The lowest BCUT2D eigenvalue weighted by Crippen LogP contribution is -2.36. The number of hydrogen-bond donors (Lipinski definition) is 1. The number of carbonyl (C=O) groups excluding carboxylic acids is 1. The molecule has 1 N–H and O–H groups in total. The lowest BCUT2D eigenvalue weighted by Gasteiger charge is -2.06. The Balaban J connectivity index is 1.28. The van der Waals surface area contributed by atoms with Gasteiger partial charge in [-0.25, -0.2) is 4.98 Å². The minimum absolute atomic E-state index is 0.0409. The molecule has 1 saturated carbocycles. The number of fused-ring (bicyclic) bond motifs is 1. The van der Waals surface area contributed by atoms with Gasteiger partial charge in [-0.05, 0) is 48.2 Å². The highest BCUT2D eigenvalue weighted by atomic mass is 35.5. The van der Waals surface area contributed by atoms with Crippen LogP contribution < -0.4 is 5.32 Å². The smallest absolute Gasteiger partial charge is 0.230 e.